The Hall–Kier alpha value is -2.70. The molecule has 6 nitrogen and oxygen atoms in total. The first kappa shape index (κ1) is 20.0. The fraction of sp³-hybridized carbons (Fsp3) is 0.364. The summed E-state index contributed by atoms with van der Waals surface area (Å²) in [5.74, 6) is 0.345. The highest BCUT2D eigenvalue weighted by Crippen LogP contribution is 2.15. The van der Waals surface area contributed by atoms with Gasteiger partial charge in [-0.05, 0) is 55.9 Å². The Morgan fingerprint density at radius 1 is 1.04 bits per heavy atom. The van der Waals surface area contributed by atoms with Crippen molar-refractivity contribution in [2.24, 2.45) is 0 Å². The molecule has 0 bridgehead atoms. The molecule has 0 radical (unpaired) electrons. The van der Waals surface area contributed by atoms with Crippen molar-refractivity contribution in [1.82, 2.24) is 9.80 Å². The second-order valence-electron chi connectivity index (χ2n) is 7.20. The Morgan fingerprint density at radius 3 is 2.43 bits per heavy atom. The number of benzene rings is 2. The van der Waals surface area contributed by atoms with Crippen molar-refractivity contribution in [2.45, 2.75) is 13.5 Å². The number of rotatable bonds is 7. The number of ketones is 1. The van der Waals surface area contributed by atoms with Gasteiger partial charge in [0.25, 0.3) is 5.91 Å². The topological polar surface area (TPSA) is 61.9 Å². The average molecular weight is 381 g/mol. The van der Waals surface area contributed by atoms with Crippen LogP contribution in [-0.4, -0.2) is 61.3 Å². The number of nitrogens with zero attached hydrogens (tertiary/aromatic N) is 2. The number of amides is 1. The third kappa shape index (κ3) is 5.90. The zero-order valence-electron chi connectivity index (χ0n) is 16.5. The van der Waals surface area contributed by atoms with Gasteiger partial charge in [-0.3, -0.25) is 14.5 Å². The first-order valence-electron chi connectivity index (χ1n) is 9.53. The lowest BCUT2D eigenvalue weighted by atomic mass is 10.1. The molecule has 0 saturated carbocycles. The van der Waals surface area contributed by atoms with Crippen LogP contribution in [-0.2, 0) is 11.3 Å². The number of Topliss-reactive ketones (excluding diaryl/α,β-unsaturated/α-hetero) is 1. The molecule has 6 heteroatoms. The molecule has 1 heterocycles. The first-order chi connectivity index (χ1) is 13.5. The van der Waals surface area contributed by atoms with Crippen LogP contribution in [0.4, 0.5) is 5.69 Å². The second-order valence-corrected chi connectivity index (χ2v) is 7.20. The van der Waals surface area contributed by atoms with E-state index in [1.54, 1.807) is 24.3 Å². The van der Waals surface area contributed by atoms with Gasteiger partial charge in [-0.1, -0.05) is 12.1 Å². The number of carbonyl (C=O) groups excluding carboxylic acids is 2. The van der Waals surface area contributed by atoms with E-state index in [-0.39, 0.29) is 18.3 Å². The minimum atomic E-state index is -0.215. The highest BCUT2D eigenvalue weighted by atomic mass is 16.5. The van der Waals surface area contributed by atoms with Crippen molar-refractivity contribution in [3.63, 3.8) is 0 Å². The van der Waals surface area contributed by atoms with Gasteiger partial charge in [0.2, 0.25) is 0 Å². The summed E-state index contributed by atoms with van der Waals surface area (Å²) in [6.45, 7) is 6.61. The number of likely N-dealkylation sites (N-methyl/N-ethyl adjacent to an activating group) is 1. The molecule has 2 aromatic carbocycles. The molecule has 28 heavy (non-hydrogen) atoms. The van der Waals surface area contributed by atoms with Crippen molar-refractivity contribution < 1.29 is 14.3 Å². The van der Waals surface area contributed by atoms with Crippen LogP contribution in [0, 0.1) is 0 Å². The molecule has 0 unspecified atom stereocenters. The standard InChI is InChI=1S/C22H27N3O3/c1-17(26)19-6-8-21(9-7-19)28-16-22(27)23-20-5-3-4-18(14-20)15-25-12-10-24(2)11-13-25/h3-9,14H,10-13,15-16H2,1-2H3,(H,23,27). The number of carbonyl (C=O) groups is 2. The highest BCUT2D eigenvalue weighted by molar-refractivity contribution is 5.94. The van der Waals surface area contributed by atoms with Crippen molar-refractivity contribution in [2.75, 3.05) is 45.2 Å². The van der Waals surface area contributed by atoms with Crippen LogP contribution in [0.15, 0.2) is 48.5 Å². The van der Waals surface area contributed by atoms with Gasteiger partial charge in [0, 0.05) is 44.0 Å². The summed E-state index contributed by atoms with van der Waals surface area (Å²) < 4.78 is 5.50. The third-order valence-electron chi connectivity index (χ3n) is 4.84. The Balaban J connectivity index is 1.49. The monoisotopic (exact) mass is 381 g/mol. The number of ether oxygens (including phenoxy) is 1. The van der Waals surface area contributed by atoms with Gasteiger partial charge >= 0.3 is 0 Å². The van der Waals surface area contributed by atoms with Crippen molar-refractivity contribution in [3.05, 3.63) is 59.7 Å². The molecule has 0 atom stereocenters. The van der Waals surface area contributed by atoms with Gasteiger partial charge in [0.15, 0.2) is 12.4 Å². The third-order valence-corrected chi connectivity index (χ3v) is 4.84. The van der Waals surface area contributed by atoms with Gasteiger partial charge in [0.05, 0.1) is 0 Å². The molecule has 0 aliphatic carbocycles. The van der Waals surface area contributed by atoms with E-state index >= 15 is 0 Å². The molecule has 1 N–H and O–H groups in total. The summed E-state index contributed by atoms with van der Waals surface area (Å²) in [6.07, 6.45) is 0. The van der Waals surface area contributed by atoms with Gasteiger partial charge in [-0.2, -0.15) is 0 Å². The molecule has 1 saturated heterocycles. The fourth-order valence-corrected chi connectivity index (χ4v) is 3.14. The van der Waals surface area contributed by atoms with E-state index in [2.05, 4.69) is 28.2 Å². The summed E-state index contributed by atoms with van der Waals surface area (Å²) >= 11 is 0. The Bertz CT molecular complexity index is 812. The van der Waals surface area contributed by atoms with Crippen LogP contribution in [0.25, 0.3) is 0 Å². The lowest BCUT2D eigenvalue weighted by Gasteiger charge is -2.32. The van der Waals surface area contributed by atoms with Crippen molar-refractivity contribution in [1.29, 1.82) is 0 Å². The molecular formula is C22H27N3O3. The van der Waals surface area contributed by atoms with Crippen LogP contribution >= 0.6 is 0 Å². The van der Waals surface area contributed by atoms with E-state index in [0.29, 0.717) is 11.3 Å². The molecular weight excluding hydrogens is 354 g/mol. The summed E-state index contributed by atoms with van der Waals surface area (Å²) in [5.41, 5.74) is 2.57. The number of piperazine rings is 1. The lowest BCUT2D eigenvalue weighted by molar-refractivity contribution is -0.118. The highest BCUT2D eigenvalue weighted by Gasteiger charge is 2.14. The summed E-state index contributed by atoms with van der Waals surface area (Å²) in [6, 6.07) is 14.7. The summed E-state index contributed by atoms with van der Waals surface area (Å²) in [4.78, 5) is 28.2. The van der Waals surface area contributed by atoms with Gasteiger partial charge < -0.3 is 15.0 Å². The zero-order chi connectivity index (χ0) is 19.9. The van der Waals surface area contributed by atoms with Crippen molar-refractivity contribution in [3.8, 4) is 5.75 Å². The fourth-order valence-electron chi connectivity index (χ4n) is 3.14. The van der Waals surface area contributed by atoms with Crippen LogP contribution < -0.4 is 10.1 Å². The molecule has 1 fully saturated rings. The number of hydrogen-bond donors (Lipinski definition) is 1. The van der Waals surface area contributed by atoms with Crippen LogP contribution in [0.1, 0.15) is 22.8 Å². The Labute approximate surface area is 166 Å². The summed E-state index contributed by atoms with van der Waals surface area (Å²) in [7, 11) is 2.15. The van der Waals surface area contributed by atoms with E-state index in [9.17, 15) is 9.59 Å². The SMILES string of the molecule is CC(=O)c1ccc(OCC(=O)Nc2cccc(CN3CCN(C)CC3)c2)cc1. The molecule has 2 aromatic rings. The van der Waals surface area contributed by atoms with Crippen LogP contribution in [0.5, 0.6) is 5.75 Å². The molecule has 1 amide bonds. The van der Waals surface area contributed by atoms with E-state index in [1.807, 2.05) is 18.2 Å². The molecule has 1 aliphatic rings. The van der Waals surface area contributed by atoms with Gasteiger partial charge in [-0.15, -0.1) is 0 Å². The smallest absolute Gasteiger partial charge is 0.262 e. The lowest BCUT2D eigenvalue weighted by Crippen LogP contribution is -2.43. The molecule has 148 valence electrons. The number of anilines is 1. The van der Waals surface area contributed by atoms with Gasteiger partial charge in [-0.25, -0.2) is 0 Å². The normalized spacial score (nSPS) is 15.2. The van der Waals surface area contributed by atoms with Crippen LogP contribution in [0.2, 0.25) is 0 Å². The van der Waals surface area contributed by atoms with Crippen molar-refractivity contribution >= 4 is 17.4 Å². The minimum Gasteiger partial charge on any atom is -0.484 e. The van der Waals surface area contributed by atoms with E-state index in [0.717, 1.165) is 38.4 Å². The Kier molecular flexibility index (Phi) is 6.79. The molecule has 3 rings (SSSR count). The maximum Gasteiger partial charge on any atom is 0.262 e. The quantitative estimate of drug-likeness (QED) is 0.747. The van der Waals surface area contributed by atoms with Gasteiger partial charge in [0.1, 0.15) is 5.75 Å². The molecule has 0 aromatic heterocycles. The predicted octanol–water partition coefficient (Wildman–Crippen LogP) is 2.65. The van der Waals surface area contributed by atoms with E-state index in [4.69, 9.17) is 4.74 Å². The van der Waals surface area contributed by atoms with E-state index in [1.165, 1.54) is 12.5 Å². The van der Waals surface area contributed by atoms with E-state index < -0.39 is 0 Å². The molecule has 1 aliphatic heterocycles. The zero-order valence-corrected chi connectivity index (χ0v) is 16.5. The maximum atomic E-state index is 12.2. The Morgan fingerprint density at radius 2 is 1.75 bits per heavy atom. The minimum absolute atomic E-state index is 0.000693. The summed E-state index contributed by atoms with van der Waals surface area (Å²) in [5, 5.41) is 2.88. The maximum absolute atomic E-state index is 12.2. The average Bonchev–Trinajstić information content (AvgIpc) is 2.69. The predicted molar refractivity (Wildman–Crippen MR) is 110 cm³/mol. The second kappa shape index (κ2) is 9.48. The number of hydrogen-bond acceptors (Lipinski definition) is 5. The molecule has 0 spiro atoms. The largest absolute Gasteiger partial charge is 0.484 e. The number of nitrogens with one attached hydrogen (secondary N) is 1. The first-order valence-corrected chi connectivity index (χ1v) is 9.53. The van der Waals surface area contributed by atoms with Crippen LogP contribution in [0.3, 0.4) is 0 Å².